The van der Waals surface area contributed by atoms with Gasteiger partial charge in [0.2, 0.25) is 0 Å². The predicted molar refractivity (Wildman–Crippen MR) is 68.5 cm³/mol. The second kappa shape index (κ2) is 8.28. The van der Waals surface area contributed by atoms with Crippen molar-refractivity contribution in [1.82, 2.24) is 4.98 Å². The van der Waals surface area contributed by atoms with E-state index < -0.39 is 24.0 Å². The molecule has 0 bridgehead atoms. The molecule has 0 radical (unpaired) electrons. The number of aromatic nitrogens is 1. The van der Waals surface area contributed by atoms with Gasteiger partial charge in [-0.3, -0.25) is 4.98 Å². The van der Waals surface area contributed by atoms with Crippen LogP contribution in [0.5, 0.6) is 5.75 Å². The van der Waals surface area contributed by atoms with E-state index in [0.29, 0.717) is 18.2 Å². The van der Waals surface area contributed by atoms with Gasteiger partial charge in [0.25, 0.3) is 0 Å². The molecule has 0 aliphatic rings. The summed E-state index contributed by atoms with van der Waals surface area (Å²) in [5.41, 5.74) is -0.226. The molecule has 0 N–H and O–H groups in total. The van der Waals surface area contributed by atoms with Crippen molar-refractivity contribution in [3.8, 4) is 5.75 Å². The van der Waals surface area contributed by atoms with Crippen molar-refractivity contribution < 1.29 is 73.5 Å². The summed E-state index contributed by atoms with van der Waals surface area (Å²) in [6, 6.07) is 7.48. The molecule has 21 heavy (non-hydrogen) atoms. The van der Waals surface area contributed by atoms with Crippen molar-refractivity contribution in [1.29, 1.82) is 0 Å². The van der Waals surface area contributed by atoms with Crippen LogP contribution < -0.4 is 61.6 Å². The molecule has 2 aromatic rings. The van der Waals surface area contributed by atoms with Gasteiger partial charge in [0.05, 0.1) is 12.4 Å². The van der Waals surface area contributed by atoms with Crippen molar-refractivity contribution in [2.45, 2.75) is 6.42 Å². The van der Waals surface area contributed by atoms with E-state index in [2.05, 4.69) is 4.98 Å². The second-order valence-corrected chi connectivity index (χ2v) is 4.18. The molecule has 0 aliphatic heterocycles. The van der Waals surface area contributed by atoms with Gasteiger partial charge < -0.3 is 17.7 Å². The zero-order valence-corrected chi connectivity index (χ0v) is 14.5. The Bertz CT molecular complexity index is 580. The summed E-state index contributed by atoms with van der Waals surface area (Å²) in [6.45, 7) is -5.23. The van der Waals surface area contributed by atoms with E-state index in [1.54, 1.807) is 24.4 Å². The molecule has 0 spiro atoms. The molecule has 106 valence electrons. The summed E-state index contributed by atoms with van der Waals surface area (Å²) in [7, 11) is 0. The average molecular weight is 323 g/mol. The van der Waals surface area contributed by atoms with Crippen LogP contribution in [-0.2, 0) is 6.42 Å². The van der Waals surface area contributed by atoms with E-state index >= 15 is 0 Å². The van der Waals surface area contributed by atoms with Gasteiger partial charge in [-0.1, -0.05) is 17.6 Å². The van der Waals surface area contributed by atoms with Crippen LogP contribution in [0.15, 0.2) is 42.6 Å². The maximum Gasteiger partial charge on any atom is 1.00 e. The molecule has 2 nitrogen and oxygen atoms in total. The molecule has 0 saturated carbocycles. The van der Waals surface area contributed by atoms with Crippen molar-refractivity contribution in [2.75, 3.05) is 6.61 Å². The van der Waals surface area contributed by atoms with E-state index in [9.17, 15) is 17.3 Å². The van der Waals surface area contributed by atoms with E-state index in [1.165, 1.54) is 0 Å². The SMILES string of the molecule is Fc1ccc([B-](F)(F)F)c(OCCc2ccccn2)c1.[K+]. The van der Waals surface area contributed by atoms with Crippen LogP contribution in [-0.4, -0.2) is 18.6 Å². The number of benzene rings is 1. The maximum atomic E-state index is 13.0. The van der Waals surface area contributed by atoms with Crippen LogP contribution in [0.1, 0.15) is 5.69 Å². The minimum absolute atomic E-state index is 0. The molecule has 0 amide bonds. The molecule has 8 heteroatoms. The Kier molecular flexibility index (Phi) is 7.35. The first-order chi connectivity index (χ1) is 9.47. The Balaban J connectivity index is 0.00000220. The quantitative estimate of drug-likeness (QED) is 0.566. The van der Waals surface area contributed by atoms with Crippen LogP contribution in [0.25, 0.3) is 0 Å². The fraction of sp³-hybridized carbons (Fsp3) is 0.154. The first-order valence-electron chi connectivity index (χ1n) is 5.99. The van der Waals surface area contributed by atoms with Gasteiger partial charge in [0.1, 0.15) is 5.82 Å². The first kappa shape index (κ1) is 18.6. The largest absolute Gasteiger partial charge is 1.00 e. The standard InChI is InChI=1S/C13H11BF4NO.K/c15-10-4-5-12(14(16,17)18)13(9-10)20-8-6-11-3-1-2-7-19-11;/h1-5,7,9H,6,8H2;/q-1;+1. The van der Waals surface area contributed by atoms with Crippen LogP contribution in [0.2, 0.25) is 0 Å². The first-order valence-corrected chi connectivity index (χ1v) is 5.99. The van der Waals surface area contributed by atoms with E-state index in [1.807, 2.05) is 0 Å². The van der Waals surface area contributed by atoms with Crippen molar-refractivity contribution in [3.05, 3.63) is 54.1 Å². The van der Waals surface area contributed by atoms with E-state index in [4.69, 9.17) is 4.74 Å². The van der Waals surface area contributed by atoms with Gasteiger partial charge in [0.15, 0.2) is 0 Å². The summed E-state index contributed by atoms with van der Waals surface area (Å²) < 4.78 is 56.4. The van der Waals surface area contributed by atoms with E-state index in [-0.39, 0.29) is 58.0 Å². The molecule has 1 heterocycles. The number of nitrogens with zero attached hydrogens (tertiary/aromatic N) is 1. The average Bonchev–Trinajstić information content (AvgIpc) is 2.38. The van der Waals surface area contributed by atoms with Crippen LogP contribution in [0.3, 0.4) is 0 Å². The molecule has 0 aliphatic carbocycles. The Labute approximate surface area is 162 Å². The zero-order valence-electron chi connectivity index (χ0n) is 11.4. The Morgan fingerprint density at radius 1 is 1.10 bits per heavy atom. The Morgan fingerprint density at radius 2 is 1.86 bits per heavy atom. The topological polar surface area (TPSA) is 22.1 Å². The van der Waals surface area contributed by atoms with Crippen molar-refractivity contribution in [3.63, 3.8) is 0 Å². The minimum Gasteiger partial charge on any atom is -0.496 e. The molecular formula is C13H11BF4KNO. The van der Waals surface area contributed by atoms with Crippen molar-refractivity contribution >= 4 is 12.4 Å². The number of ether oxygens (including phenoxy) is 1. The zero-order chi connectivity index (χ0) is 14.6. The normalized spacial score (nSPS) is 10.9. The number of hydrogen-bond acceptors (Lipinski definition) is 2. The summed E-state index contributed by atoms with van der Waals surface area (Å²) in [6.07, 6.45) is 1.93. The summed E-state index contributed by atoms with van der Waals surface area (Å²) in [5, 5.41) is 0. The molecule has 0 atom stereocenters. The summed E-state index contributed by atoms with van der Waals surface area (Å²) in [5.74, 6) is -1.24. The smallest absolute Gasteiger partial charge is 0.496 e. The van der Waals surface area contributed by atoms with Gasteiger partial charge >= 0.3 is 58.4 Å². The third-order valence-corrected chi connectivity index (χ3v) is 2.67. The number of pyridine rings is 1. The summed E-state index contributed by atoms with van der Waals surface area (Å²) >= 11 is 0. The third-order valence-electron chi connectivity index (χ3n) is 2.67. The molecule has 0 fully saturated rings. The molecule has 1 aromatic carbocycles. The minimum atomic E-state index is -5.23. The van der Waals surface area contributed by atoms with Crippen LogP contribution >= 0.6 is 0 Å². The van der Waals surface area contributed by atoms with Crippen LogP contribution in [0.4, 0.5) is 17.3 Å². The fourth-order valence-electron chi connectivity index (χ4n) is 1.72. The second-order valence-electron chi connectivity index (χ2n) is 4.18. The monoisotopic (exact) mass is 323 g/mol. The Hall–Kier alpha value is -0.409. The van der Waals surface area contributed by atoms with Gasteiger partial charge in [-0.05, 0) is 18.2 Å². The van der Waals surface area contributed by atoms with Gasteiger partial charge in [0, 0.05) is 24.4 Å². The molecule has 0 unspecified atom stereocenters. The van der Waals surface area contributed by atoms with Gasteiger partial charge in [-0.2, -0.15) is 0 Å². The van der Waals surface area contributed by atoms with E-state index in [0.717, 1.165) is 12.1 Å². The number of hydrogen-bond donors (Lipinski definition) is 0. The maximum absolute atomic E-state index is 13.0. The molecule has 1 aromatic heterocycles. The number of rotatable bonds is 5. The summed E-state index contributed by atoms with van der Waals surface area (Å²) in [4.78, 5) is 4.03. The van der Waals surface area contributed by atoms with Crippen molar-refractivity contribution in [2.24, 2.45) is 0 Å². The molecular weight excluding hydrogens is 312 g/mol. The molecule has 2 rings (SSSR count). The Morgan fingerprint density at radius 3 is 2.48 bits per heavy atom. The predicted octanol–water partition coefficient (Wildman–Crippen LogP) is -0.0994. The number of halogens is 4. The molecule has 0 saturated heterocycles. The van der Waals surface area contributed by atoms with Gasteiger partial charge in [-0.25, -0.2) is 4.39 Å². The van der Waals surface area contributed by atoms with Crippen LogP contribution in [0, 0.1) is 5.82 Å². The fourth-order valence-corrected chi connectivity index (χ4v) is 1.72. The van der Waals surface area contributed by atoms with Gasteiger partial charge in [-0.15, -0.1) is 0 Å². The third kappa shape index (κ3) is 5.71.